The van der Waals surface area contributed by atoms with Gasteiger partial charge in [0.2, 0.25) is 5.82 Å². The summed E-state index contributed by atoms with van der Waals surface area (Å²) in [6.07, 6.45) is 4.67. The van der Waals surface area contributed by atoms with Crippen LogP contribution in [0.25, 0.3) is 0 Å². The molecule has 114 valence electrons. The molecule has 0 radical (unpaired) electrons. The Kier molecular flexibility index (Phi) is 4.50. The maximum absolute atomic E-state index is 14.0. The van der Waals surface area contributed by atoms with Crippen molar-refractivity contribution in [2.75, 3.05) is 7.05 Å². The number of amides is 1. The van der Waals surface area contributed by atoms with E-state index in [1.165, 1.54) is 11.9 Å². The third-order valence-corrected chi connectivity index (χ3v) is 3.89. The largest absolute Gasteiger partial charge is 0.339 e. The van der Waals surface area contributed by atoms with Crippen LogP contribution >= 0.6 is 0 Å². The van der Waals surface area contributed by atoms with E-state index in [1.54, 1.807) is 0 Å². The van der Waals surface area contributed by atoms with Crippen molar-refractivity contribution >= 4 is 11.6 Å². The monoisotopic (exact) mass is 298 g/mol. The van der Waals surface area contributed by atoms with Crippen LogP contribution in [0.1, 0.15) is 42.5 Å². The molecule has 1 amide bonds. The molecule has 1 aliphatic carbocycles. The van der Waals surface area contributed by atoms with Gasteiger partial charge in [-0.2, -0.15) is 4.39 Å². The van der Waals surface area contributed by atoms with Crippen molar-refractivity contribution in [2.24, 2.45) is 0 Å². The topological polar surface area (TPSA) is 63.5 Å². The lowest BCUT2D eigenvalue weighted by Crippen LogP contribution is -2.38. The first-order chi connectivity index (χ1) is 9.91. The summed E-state index contributed by atoms with van der Waals surface area (Å²) in [7, 11) is 1.52. The summed E-state index contributed by atoms with van der Waals surface area (Å²) >= 11 is 0. The zero-order valence-electron chi connectivity index (χ0n) is 11.6. The molecule has 0 aliphatic heterocycles. The van der Waals surface area contributed by atoms with E-state index in [1.807, 2.05) is 0 Å². The van der Waals surface area contributed by atoms with Crippen molar-refractivity contribution < 1.29 is 18.5 Å². The molecule has 1 saturated carbocycles. The van der Waals surface area contributed by atoms with Gasteiger partial charge in [-0.1, -0.05) is 19.3 Å². The lowest BCUT2D eigenvalue weighted by Gasteiger charge is -2.31. The molecule has 0 bridgehead atoms. The Bertz CT molecular complexity index is 572. The number of carbonyl (C=O) groups excluding carboxylic acids is 1. The lowest BCUT2D eigenvalue weighted by molar-refractivity contribution is -0.387. The van der Waals surface area contributed by atoms with Gasteiger partial charge in [0.05, 0.1) is 16.6 Å². The van der Waals surface area contributed by atoms with Gasteiger partial charge in [0.15, 0.2) is 0 Å². The van der Waals surface area contributed by atoms with Gasteiger partial charge in [0, 0.05) is 13.1 Å². The second kappa shape index (κ2) is 6.15. The van der Waals surface area contributed by atoms with E-state index in [4.69, 9.17) is 0 Å². The van der Waals surface area contributed by atoms with E-state index >= 15 is 0 Å². The molecule has 0 aromatic heterocycles. The SMILES string of the molecule is CN(C(=O)c1cc(F)cc([N+](=O)[O-])c1F)C1CCCCC1. The first-order valence-corrected chi connectivity index (χ1v) is 6.82. The number of hydrogen-bond donors (Lipinski definition) is 0. The molecule has 1 aromatic carbocycles. The molecule has 0 N–H and O–H groups in total. The van der Waals surface area contributed by atoms with Crippen LogP contribution in [-0.4, -0.2) is 28.8 Å². The second-order valence-electron chi connectivity index (χ2n) is 5.25. The molecule has 0 unspecified atom stereocenters. The highest BCUT2D eigenvalue weighted by atomic mass is 19.1. The second-order valence-corrected chi connectivity index (χ2v) is 5.25. The maximum Gasteiger partial charge on any atom is 0.308 e. The predicted octanol–water partition coefficient (Wildman–Crippen LogP) is 3.28. The molecule has 0 atom stereocenters. The fourth-order valence-electron chi connectivity index (χ4n) is 2.69. The summed E-state index contributed by atoms with van der Waals surface area (Å²) in [5.74, 6) is -3.00. The van der Waals surface area contributed by atoms with Crippen LogP contribution in [0, 0.1) is 21.7 Å². The van der Waals surface area contributed by atoms with Gasteiger partial charge in [-0.3, -0.25) is 14.9 Å². The summed E-state index contributed by atoms with van der Waals surface area (Å²) in [4.78, 5) is 23.3. The molecular weight excluding hydrogens is 282 g/mol. The van der Waals surface area contributed by atoms with Gasteiger partial charge in [-0.05, 0) is 18.9 Å². The zero-order chi connectivity index (χ0) is 15.6. The Morgan fingerprint density at radius 2 is 1.90 bits per heavy atom. The van der Waals surface area contributed by atoms with E-state index in [2.05, 4.69) is 0 Å². The molecule has 21 heavy (non-hydrogen) atoms. The summed E-state index contributed by atoms with van der Waals surface area (Å²) in [6, 6.07) is 1.16. The van der Waals surface area contributed by atoms with Crippen LogP contribution in [0.2, 0.25) is 0 Å². The molecule has 0 spiro atoms. The maximum atomic E-state index is 14.0. The molecule has 5 nitrogen and oxygen atoms in total. The minimum Gasteiger partial charge on any atom is -0.339 e. The smallest absolute Gasteiger partial charge is 0.308 e. The van der Waals surface area contributed by atoms with E-state index in [0.717, 1.165) is 32.1 Å². The van der Waals surface area contributed by atoms with Gasteiger partial charge >= 0.3 is 5.69 Å². The van der Waals surface area contributed by atoms with E-state index in [0.29, 0.717) is 12.1 Å². The molecule has 7 heteroatoms. The van der Waals surface area contributed by atoms with Gasteiger partial charge < -0.3 is 4.90 Å². The highest BCUT2D eigenvalue weighted by Crippen LogP contribution is 2.26. The lowest BCUT2D eigenvalue weighted by atomic mass is 9.94. The number of nitro groups is 1. The zero-order valence-corrected chi connectivity index (χ0v) is 11.6. The van der Waals surface area contributed by atoms with Crippen molar-refractivity contribution in [3.8, 4) is 0 Å². The summed E-state index contributed by atoms with van der Waals surface area (Å²) in [6.45, 7) is 0. The first-order valence-electron chi connectivity index (χ1n) is 6.82. The fourth-order valence-corrected chi connectivity index (χ4v) is 2.69. The number of carbonyl (C=O) groups is 1. The summed E-state index contributed by atoms with van der Waals surface area (Å²) < 4.78 is 27.4. The van der Waals surface area contributed by atoms with Crippen LogP contribution in [0.4, 0.5) is 14.5 Å². The van der Waals surface area contributed by atoms with Crippen LogP contribution in [0.5, 0.6) is 0 Å². The van der Waals surface area contributed by atoms with Crippen LogP contribution in [-0.2, 0) is 0 Å². The average molecular weight is 298 g/mol. The van der Waals surface area contributed by atoms with Gasteiger partial charge in [-0.25, -0.2) is 4.39 Å². The van der Waals surface area contributed by atoms with Crippen molar-refractivity contribution in [3.05, 3.63) is 39.4 Å². The van der Waals surface area contributed by atoms with Gasteiger partial charge in [-0.15, -0.1) is 0 Å². The standard InChI is InChI=1S/C14H16F2N2O3/c1-17(10-5-3-2-4-6-10)14(19)11-7-9(15)8-12(13(11)16)18(20)21/h7-8,10H,2-6H2,1H3. The van der Waals surface area contributed by atoms with Crippen LogP contribution < -0.4 is 0 Å². The Labute approximate surface area is 120 Å². The summed E-state index contributed by atoms with van der Waals surface area (Å²) in [5.41, 5.74) is -1.61. The Hall–Kier alpha value is -2.05. The third-order valence-electron chi connectivity index (χ3n) is 3.89. The van der Waals surface area contributed by atoms with Crippen molar-refractivity contribution in [2.45, 2.75) is 38.1 Å². The Morgan fingerprint density at radius 3 is 2.48 bits per heavy atom. The number of rotatable bonds is 3. The fraction of sp³-hybridized carbons (Fsp3) is 0.500. The van der Waals surface area contributed by atoms with Gasteiger partial charge in [0.1, 0.15) is 5.82 Å². The highest BCUT2D eigenvalue weighted by molar-refractivity contribution is 5.95. The molecular formula is C14H16F2N2O3. The van der Waals surface area contributed by atoms with Crippen LogP contribution in [0.3, 0.4) is 0 Å². The number of hydrogen-bond acceptors (Lipinski definition) is 3. The molecule has 1 aromatic rings. The van der Waals surface area contributed by atoms with Crippen molar-refractivity contribution in [3.63, 3.8) is 0 Å². The third kappa shape index (κ3) is 3.17. The molecule has 1 aliphatic rings. The van der Waals surface area contributed by atoms with Crippen molar-refractivity contribution in [1.82, 2.24) is 4.90 Å². The first kappa shape index (κ1) is 15.3. The minimum absolute atomic E-state index is 0.0343. The minimum atomic E-state index is -1.28. The number of nitrogens with zero attached hydrogens (tertiary/aromatic N) is 2. The molecule has 0 heterocycles. The highest BCUT2D eigenvalue weighted by Gasteiger charge is 2.29. The van der Waals surface area contributed by atoms with E-state index < -0.39 is 33.7 Å². The summed E-state index contributed by atoms with van der Waals surface area (Å²) in [5, 5.41) is 10.7. The Morgan fingerprint density at radius 1 is 1.29 bits per heavy atom. The predicted molar refractivity (Wildman–Crippen MR) is 72.0 cm³/mol. The number of nitro benzene ring substituents is 1. The van der Waals surface area contributed by atoms with E-state index in [-0.39, 0.29) is 6.04 Å². The van der Waals surface area contributed by atoms with Gasteiger partial charge in [0.25, 0.3) is 5.91 Å². The normalized spacial score (nSPS) is 15.8. The quantitative estimate of drug-likeness (QED) is 0.635. The van der Waals surface area contributed by atoms with Crippen molar-refractivity contribution in [1.29, 1.82) is 0 Å². The van der Waals surface area contributed by atoms with E-state index in [9.17, 15) is 23.7 Å². The number of benzene rings is 1. The van der Waals surface area contributed by atoms with Crippen LogP contribution in [0.15, 0.2) is 12.1 Å². The Balaban J connectivity index is 2.32. The molecule has 2 rings (SSSR count). The molecule has 1 fully saturated rings. The number of halogens is 2. The molecule has 0 saturated heterocycles. The average Bonchev–Trinajstić information content (AvgIpc) is 2.48.